The lowest BCUT2D eigenvalue weighted by molar-refractivity contribution is 0.0602. The fourth-order valence-electron chi connectivity index (χ4n) is 3.93. The highest BCUT2D eigenvalue weighted by molar-refractivity contribution is 7.89. The van der Waals surface area contributed by atoms with Gasteiger partial charge in [-0.15, -0.1) is 11.3 Å². The van der Waals surface area contributed by atoms with E-state index in [1.807, 2.05) is 13.0 Å². The summed E-state index contributed by atoms with van der Waals surface area (Å²) in [5.74, 6) is 1.79. The first-order valence-corrected chi connectivity index (χ1v) is 12.8. The smallest absolute Gasteiger partial charge is 0.349 e. The minimum atomic E-state index is -3.78. The molecule has 0 aromatic carbocycles. The second kappa shape index (κ2) is 9.30. The van der Waals surface area contributed by atoms with Gasteiger partial charge in [-0.2, -0.15) is 4.31 Å². The lowest BCUT2D eigenvalue weighted by Gasteiger charge is -2.36. The van der Waals surface area contributed by atoms with Crippen molar-refractivity contribution < 1.29 is 17.9 Å². The summed E-state index contributed by atoms with van der Waals surface area (Å²) in [6.07, 6.45) is 0. The Bertz CT molecular complexity index is 1070. The number of piperazine rings is 2. The molecule has 4 heterocycles. The molecule has 2 aromatic heterocycles. The Kier molecular flexibility index (Phi) is 6.65. The number of rotatable bonds is 5. The van der Waals surface area contributed by atoms with Crippen molar-refractivity contribution in [2.45, 2.75) is 11.8 Å². The van der Waals surface area contributed by atoms with Gasteiger partial charge in [-0.05, 0) is 25.4 Å². The first-order valence-electron chi connectivity index (χ1n) is 10.5. The van der Waals surface area contributed by atoms with Gasteiger partial charge in [0, 0.05) is 58.4 Å². The molecular formula is C20H28N6O4S2. The number of aromatic nitrogens is 2. The van der Waals surface area contributed by atoms with Crippen molar-refractivity contribution in [2.75, 3.05) is 76.3 Å². The number of carbonyl (C=O) groups excluding carboxylic acids is 1. The average molecular weight is 481 g/mol. The summed E-state index contributed by atoms with van der Waals surface area (Å²) in [6.45, 7) is 7.34. The van der Waals surface area contributed by atoms with Gasteiger partial charge in [-0.25, -0.2) is 23.2 Å². The molecule has 2 saturated heterocycles. The van der Waals surface area contributed by atoms with Crippen molar-refractivity contribution in [3.63, 3.8) is 0 Å². The summed E-state index contributed by atoms with van der Waals surface area (Å²) in [6, 6.07) is 3.46. The van der Waals surface area contributed by atoms with Crippen LogP contribution in [0.25, 0.3) is 0 Å². The average Bonchev–Trinajstić information content (AvgIpc) is 3.30. The molecule has 0 aliphatic carbocycles. The van der Waals surface area contributed by atoms with Crippen LogP contribution >= 0.6 is 11.3 Å². The van der Waals surface area contributed by atoms with Gasteiger partial charge < -0.3 is 19.4 Å². The van der Waals surface area contributed by atoms with Gasteiger partial charge in [0.1, 0.15) is 27.2 Å². The summed E-state index contributed by atoms with van der Waals surface area (Å²) in [5.41, 5.74) is 0. The first-order chi connectivity index (χ1) is 15.3. The largest absolute Gasteiger partial charge is 0.465 e. The number of anilines is 2. The second-order valence-corrected chi connectivity index (χ2v) is 10.7. The molecule has 0 N–H and O–H groups in total. The lowest BCUT2D eigenvalue weighted by atomic mass is 10.3. The highest BCUT2D eigenvalue weighted by Crippen LogP contribution is 2.28. The molecule has 174 valence electrons. The number of likely N-dealkylation sites (N-methyl/N-ethyl adjacent to an activating group) is 1. The zero-order chi connectivity index (χ0) is 22.9. The maximum absolute atomic E-state index is 13.1. The zero-order valence-electron chi connectivity index (χ0n) is 18.5. The topological polar surface area (TPSA) is 99.2 Å². The van der Waals surface area contributed by atoms with Crippen LogP contribution in [0.3, 0.4) is 0 Å². The number of hydrogen-bond acceptors (Lipinski definition) is 10. The van der Waals surface area contributed by atoms with Crippen LogP contribution in [-0.4, -0.2) is 100 Å². The minimum absolute atomic E-state index is 0.0121. The van der Waals surface area contributed by atoms with Crippen LogP contribution in [0.15, 0.2) is 22.4 Å². The number of thiophene rings is 1. The summed E-state index contributed by atoms with van der Waals surface area (Å²) < 4.78 is 32.4. The van der Waals surface area contributed by atoms with Crippen LogP contribution in [0.5, 0.6) is 0 Å². The van der Waals surface area contributed by atoms with Gasteiger partial charge in [0.25, 0.3) is 0 Å². The van der Waals surface area contributed by atoms with E-state index in [9.17, 15) is 13.2 Å². The van der Waals surface area contributed by atoms with Gasteiger partial charge >= 0.3 is 5.97 Å². The second-order valence-electron chi connectivity index (χ2n) is 7.92. The number of methoxy groups -OCH3 is 1. The fraction of sp³-hybridized carbons (Fsp3) is 0.550. The van der Waals surface area contributed by atoms with E-state index in [-0.39, 0.29) is 9.77 Å². The molecule has 0 radical (unpaired) electrons. The highest BCUT2D eigenvalue weighted by Gasteiger charge is 2.33. The molecule has 10 nitrogen and oxygen atoms in total. The Morgan fingerprint density at radius 2 is 1.56 bits per heavy atom. The number of nitrogens with zero attached hydrogens (tertiary/aromatic N) is 6. The number of sulfonamides is 1. The maximum Gasteiger partial charge on any atom is 0.349 e. The van der Waals surface area contributed by atoms with E-state index in [4.69, 9.17) is 4.74 Å². The quantitative estimate of drug-likeness (QED) is 0.578. The standard InChI is InChI=1S/C20H28N6O4S2/c1-15-21-17(24-7-5-23(2)6-8-24)14-18(22-15)25-9-11-26(12-10-25)32(28,29)16-4-13-31-19(16)20(27)30-3/h4,13-14H,5-12H2,1-3H3. The molecule has 0 amide bonds. The van der Waals surface area contributed by atoms with E-state index < -0.39 is 16.0 Å². The van der Waals surface area contributed by atoms with Crippen molar-refractivity contribution in [3.8, 4) is 0 Å². The van der Waals surface area contributed by atoms with Crippen molar-refractivity contribution in [2.24, 2.45) is 0 Å². The summed E-state index contributed by atoms with van der Waals surface area (Å²) in [5, 5.41) is 1.60. The number of carbonyl (C=O) groups is 1. The van der Waals surface area contributed by atoms with E-state index in [1.54, 1.807) is 5.38 Å². The molecule has 0 saturated carbocycles. The normalized spacial score (nSPS) is 18.7. The van der Waals surface area contributed by atoms with Gasteiger partial charge in [0.15, 0.2) is 0 Å². The van der Waals surface area contributed by atoms with Crippen LogP contribution in [-0.2, 0) is 14.8 Å². The molecule has 2 aromatic rings. The Labute approximate surface area is 192 Å². The van der Waals surface area contributed by atoms with Crippen LogP contribution in [0.4, 0.5) is 11.6 Å². The highest BCUT2D eigenvalue weighted by atomic mass is 32.2. The Morgan fingerprint density at radius 3 is 2.12 bits per heavy atom. The number of aryl methyl sites for hydroxylation is 1. The Balaban J connectivity index is 1.47. The number of hydrogen-bond donors (Lipinski definition) is 0. The fourth-order valence-corrected chi connectivity index (χ4v) is 6.67. The van der Waals surface area contributed by atoms with Crippen LogP contribution in [0.2, 0.25) is 0 Å². The predicted molar refractivity (Wildman–Crippen MR) is 123 cm³/mol. The zero-order valence-corrected chi connectivity index (χ0v) is 20.2. The van der Waals surface area contributed by atoms with Crippen LogP contribution in [0, 0.1) is 6.92 Å². The monoisotopic (exact) mass is 480 g/mol. The summed E-state index contributed by atoms with van der Waals surface area (Å²) in [7, 11) is -0.414. The Morgan fingerprint density at radius 1 is 1.00 bits per heavy atom. The van der Waals surface area contributed by atoms with Gasteiger partial charge in [-0.1, -0.05) is 0 Å². The van der Waals surface area contributed by atoms with E-state index in [2.05, 4.69) is 31.7 Å². The first kappa shape index (κ1) is 22.9. The van der Waals surface area contributed by atoms with Crippen molar-refractivity contribution in [1.82, 2.24) is 19.2 Å². The Hall–Kier alpha value is -2.28. The van der Waals surface area contributed by atoms with Crippen molar-refractivity contribution >= 4 is 39.0 Å². The molecule has 4 rings (SSSR count). The van der Waals surface area contributed by atoms with Gasteiger partial charge in [0.2, 0.25) is 10.0 Å². The van der Waals surface area contributed by atoms with E-state index in [0.717, 1.165) is 49.2 Å². The molecule has 2 aliphatic rings. The molecule has 0 bridgehead atoms. The molecule has 2 fully saturated rings. The summed E-state index contributed by atoms with van der Waals surface area (Å²) in [4.78, 5) is 28.0. The van der Waals surface area contributed by atoms with Crippen molar-refractivity contribution in [1.29, 1.82) is 0 Å². The molecule has 2 aliphatic heterocycles. The molecule has 32 heavy (non-hydrogen) atoms. The van der Waals surface area contributed by atoms with Gasteiger partial charge in [-0.3, -0.25) is 0 Å². The van der Waals surface area contributed by atoms with Crippen LogP contribution in [0.1, 0.15) is 15.5 Å². The van der Waals surface area contributed by atoms with Crippen molar-refractivity contribution in [3.05, 3.63) is 28.2 Å². The molecule has 0 unspecified atom stereocenters. The van der Waals surface area contributed by atoms with Gasteiger partial charge in [0.05, 0.1) is 7.11 Å². The van der Waals surface area contributed by atoms with E-state index in [0.29, 0.717) is 32.0 Å². The third-order valence-corrected chi connectivity index (χ3v) is 8.78. The molecule has 0 spiro atoms. The predicted octanol–water partition coefficient (Wildman–Crippen LogP) is 0.896. The number of ether oxygens (including phenoxy) is 1. The maximum atomic E-state index is 13.1. The lowest BCUT2D eigenvalue weighted by Crippen LogP contribution is -2.49. The molecule has 12 heteroatoms. The van der Waals surface area contributed by atoms with E-state index >= 15 is 0 Å². The van der Waals surface area contributed by atoms with E-state index in [1.165, 1.54) is 17.5 Å². The SMILES string of the molecule is COC(=O)c1sccc1S(=O)(=O)N1CCN(c2cc(N3CCN(C)CC3)nc(C)n2)CC1. The number of esters is 1. The molecule has 0 atom stereocenters. The minimum Gasteiger partial charge on any atom is -0.465 e. The third kappa shape index (κ3) is 4.58. The molecular weight excluding hydrogens is 452 g/mol. The van der Waals surface area contributed by atoms with Crippen LogP contribution < -0.4 is 9.80 Å². The third-order valence-electron chi connectivity index (χ3n) is 5.82. The summed E-state index contributed by atoms with van der Waals surface area (Å²) >= 11 is 1.07.